The minimum Gasteiger partial charge on any atom is -0.385 e. The number of sulfone groups is 1. The van der Waals surface area contributed by atoms with Gasteiger partial charge in [0.15, 0.2) is 9.84 Å². The SMILES string of the molecule is CCN(CC)CCCNc1ccc(S(=O)(=O)CC)cc1. The molecule has 1 rings (SSSR count). The summed E-state index contributed by atoms with van der Waals surface area (Å²) in [6.45, 7) is 10.2. The highest BCUT2D eigenvalue weighted by Gasteiger charge is 2.10. The second-order valence-corrected chi connectivity index (χ2v) is 7.01. The fraction of sp³-hybridized carbons (Fsp3) is 0.600. The fourth-order valence-corrected chi connectivity index (χ4v) is 2.91. The van der Waals surface area contributed by atoms with Crippen molar-refractivity contribution < 1.29 is 8.42 Å². The van der Waals surface area contributed by atoms with E-state index in [1.54, 1.807) is 19.1 Å². The first-order valence-electron chi connectivity index (χ1n) is 7.32. The third kappa shape index (κ3) is 5.13. The summed E-state index contributed by atoms with van der Waals surface area (Å²) in [4.78, 5) is 2.78. The van der Waals surface area contributed by atoms with Crippen molar-refractivity contribution in [3.63, 3.8) is 0 Å². The Hall–Kier alpha value is -1.07. The van der Waals surface area contributed by atoms with Gasteiger partial charge in [0.1, 0.15) is 0 Å². The molecule has 0 fully saturated rings. The summed E-state index contributed by atoms with van der Waals surface area (Å²) in [5, 5.41) is 3.32. The van der Waals surface area contributed by atoms with Gasteiger partial charge in [0, 0.05) is 12.2 Å². The minimum atomic E-state index is -3.09. The van der Waals surface area contributed by atoms with Crippen LogP contribution in [0.2, 0.25) is 0 Å². The van der Waals surface area contributed by atoms with E-state index in [0.29, 0.717) is 4.90 Å². The molecule has 0 aliphatic carbocycles. The van der Waals surface area contributed by atoms with Crippen LogP contribution in [0.15, 0.2) is 29.2 Å². The van der Waals surface area contributed by atoms with Crippen molar-refractivity contribution in [1.82, 2.24) is 4.90 Å². The van der Waals surface area contributed by atoms with Crippen LogP contribution in [0.3, 0.4) is 0 Å². The predicted molar refractivity (Wildman–Crippen MR) is 85.1 cm³/mol. The lowest BCUT2D eigenvalue weighted by atomic mass is 10.3. The number of hydrogen-bond donors (Lipinski definition) is 1. The van der Waals surface area contributed by atoms with Gasteiger partial charge in [0.2, 0.25) is 0 Å². The molecule has 4 nitrogen and oxygen atoms in total. The molecule has 0 aliphatic rings. The van der Waals surface area contributed by atoms with Crippen LogP contribution in [-0.4, -0.2) is 45.2 Å². The van der Waals surface area contributed by atoms with Gasteiger partial charge in [0.25, 0.3) is 0 Å². The molecule has 0 unspecified atom stereocenters. The first-order valence-corrected chi connectivity index (χ1v) is 8.97. The van der Waals surface area contributed by atoms with Gasteiger partial charge in [0.05, 0.1) is 10.6 Å². The van der Waals surface area contributed by atoms with Crippen molar-refractivity contribution in [2.75, 3.05) is 37.2 Å². The molecule has 0 atom stereocenters. The van der Waals surface area contributed by atoms with E-state index >= 15 is 0 Å². The van der Waals surface area contributed by atoms with Crippen molar-refractivity contribution in [3.05, 3.63) is 24.3 Å². The van der Waals surface area contributed by atoms with E-state index in [9.17, 15) is 8.42 Å². The first kappa shape index (κ1) is 17.0. The lowest BCUT2D eigenvalue weighted by Gasteiger charge is -2.17. The minimum absolute atomic E-state index is 0.143. The maximum Gasteiger partial charge on any atom is 0.178 e. The molecule has 0 heterocycles. The van der Waals surface area contributed by atoms with Crippen molar-refractivity contribution >= 4 is 15.5 Å². The van der Waals surface area contributed by atoms with E-state index in [1.165, 1.54) is 0 Å². The molecule has 114 valence electrons. The number of nitrogens with zero attached hydrogens (tertiary/aromatic N) is 1. The topological polar surface area (TPSA) is 49.4 Å². The van der Waals surface area contributed by atoms with Gasteiger partial charge in [-0.3, -0.25) is 0 Å². The van der Waals surface area contributed by atoms with E-state index in [4.69, 9.17) is 0 Å². The quantitative estimate of drug-likeness (QED) is 0.712. The molecule has 0 amide bonds. The zero-order valence-electron chi connectivity index (χ0n) is 12.7. The molecule has 0 aliphatic heterocycles. The summed E-state index contributed by atoms with van der Waals surface area (Å²) >= 11 is 0. The van der Waals surface area contributed by atoms with Gasteiger partial charge in [-0.2, -0.15) is 0 Å². The molecular weight excluding hydrogens is 272 g/mol. The Morgan fingerprint density at radius 2 is 1.65 bits per heavy atom. The number of hydrogen-bond acceptors (Lipinski definition) is 4. The van der Waals surface area contributed by atoms with Crippen molar-refractivity contribution in [2.45, 2.75) is 32.1 Å². The van der Waals surface area contributed by atoms with Gasteiger partial charge in [-0.15, -0.1) is 0 Å². The van der Waals surface area contributed by atoms with E-state index in [0.717, 1.165) is 38.3 Å². The van der Waals surface area contributed by atoms with E-state index in [-0.39, 0.29) is 5.75 Å². The summed E-state index contributed by atoms with van der Waals surface area (Å²) in [7, 11) is -3.09. The van der Waals surface area contributed by atoms with Gasteiger partial charge in [-0.25, -0.2) is 8.42 Å². The monoisotopic (exact) mass is 298 g/mol. The molecular formula is C15H26N2O2S. The van der Waals surface area contributed by atoms with Crippen LogP contribution in [0.1, 0.15) is 27.2 Å². The molecule has 1 aromatic carbocycles. The second-order valence-electron chi connectivity index (χ2n) is 4.74. The normalized spacial score (nSPS) is 11.8. The second kappa shape index (κ2) is 8.27. The summed E-state index contributed by atoms with van der Waals surface area (Å²) in [6.07, 6.45) is 1.08. The van der Waals surface area contributed by atoms with Gasteiger partial charge >= 0.3 is 0 Å². The highest BCUT2D eigenvalue weighted by molar-refractivity contribution is 7.91. The molecule has 0 bridgehead atoms. The van der Waals surface area contributed by atoms with Crippen LogP contribution >= 0.6 is 0 Å². The van der Waals surface area contributed by atoms with E-state index < -0.39 is 9.84 Å². The maximum absolute atomic E-state index is 11.7. The van der Waals surface area contributed by atoms with Gasteiger partial charge < -0.3 is 10.2 Å². The Kier molecular flexibility index (Phi) is 7.02. The standard InChI is InChI=1S/C15H26N2O2S/c1-4-17(5-2)13-7-12-16-14-8-10-15(11-9-14)20(18,19)6-3/h8-11,16H,4-7,12-13H2,1-3H3. The average molecular weight is 298 g/mol. The highest BCUT2D eigenvalue weighted by atomic mass is 32.2. The van der Waals surface area contributed by atoms with Crippen LogP contribution in [-0.2, 0) is 9.84 Å². The average Bonchev–Trinajstić information content (AvgIpc) is 2.48. The Balaban J connectivity index is 2.43. The molecule has 0 spiro atoms. The molecule has 20 heavy (non-hydrogen) atoms. The fourth-order valence-electron chi connectivity index (χ4n) is 2.02. The Morgan fingerprint density at radius 1 is 1.05 bits per heavy atom. The molecule has 5 heteroatoms. The van der Waals surface area contributed by atoms with Crippen LogP contribution in [0, 0.1) is 0 Å². The Morgan fingerprint density at radius 3 is 2.15 bits per heavy atom. The van der Waals surface area contributed by atoms with E-state index in [2.05, 4.69) is 24.1 Å². The number of rotatable bonds is 9. The lowest BCUT2D eigenvalue weighted by Crippen LogP contribution is -2.25. The Bertz CT molecular complexity index is 479. The van der Waals surface area contributed by atoms with Crippen LogP contribution in [0.4, 0.5) is 5.69 Å². The molecule has 0 radical (unpaired) electrons. The maximum atomic E-state index is 11.7. The third-order valence-electron chi connectivity index (χ3n) is 3.47. The van der Waals surface area contributed by atoms with Gasteiger partial charge in [-0.05, 0) is 50.3 Å². The highest BCUT2D eigenvalue weighted by Crippen LogP contribution is 2.15. The van der Waals surface area contributed by atoms with Crippen LogP contribution in [0.25, 0.3) is 0 Å². The van der Waals surface area contributed by atoms with Crippen molar-refractivity contribution in [1.29, 1.82) is 0 Å². The first-order chi connectivity index (χ1) is 9.53. The van der Waals surface area contributed by atoms with Gasteiger partial charge in [-0.1, -0.05) is 20.8 Å². The zero-order chi connectivity index (χ0) is 15.0. The number of nitrogens with one attached hydrogen (secondary N) is 1. The summed E-state index contributed by atoms with van der Waals surface area (Å²) in [5.74, 6) is 0.143. The van der Waals surface area contributed by atoms with Crippen LogP contribution in [0.5, 0.6) is 0 Å². The molecule has 0 aromatic heterocycles. The van der Waals surface area contributed by atoms with Crippen molar-refractivity contribution in [2.24, 2.45) is 0 Å². The molecule has 1 aromatic rings. The summed E-state index contributed by atoms with van der Waals surface area (Å²) in [6, 6.07) is 7.01. The third-order valence-corrected chi connectivity index (χ3v) is 5.22. The summed E-state index contributed by atoms with van der Waals surface area (Å²) in [5.41, 5.74) is 0.972. The van der Waals surface area contributed by atoms with Crippen molar-refractivity contribution in [3.8, 4) is 0 Å². The predicted octanol–water partition coefficient (Wildman–Crippen LogP) is 2.62. The molecule has 0 saturated carbocycles. The lowest BCUT2D eigenvalue weighted by molar-refractivity contribution is 0.303. The zero-order valence-corrected chi connectivity index (χ0v) is 13.5. The smallest absolute Gasteiger partial charge is 0.178 e. The number of anilines is 1. The largest absolute Gasteiger partial charge is 0.385 e. The molecule has 1 N–H and O–H groups in total. The Labute approximate surface area is 123 Å². The number of benzene rings is 1. The van der Waals surface area contributed by atoms with Crippen LogP contribution < -0.4 is 5.32 Å². The molecule has 0 saturated heterocycles. The summed E-state index contributed by atoms with van der Waals surface area (Å²) < 4.78 is 23.4. The van der Waals surface area contributed by atoms with E-state index in [1.807, 2.05) is 12.1 Å².